The Labute approximate surface area is 287 Å². The highest BCUT2D eigenvalue weighted by Gasteiger charge is 2.16. The van der Waals surface area contributed by atoms with Crippen molar-refractivity contribution in [1.82, 2.24) is 0 Å². The van der Waals surface area contributed by atoms with E-state index >= 15 is 0 Å². The second kappa shape index (κ2) is 15.8. The van der Waals surface area contributed by atoms with Crippen LogP contribution in [0.4, 0.5) is 0 Å². The third-order valence-corrected chi connectivity index (χ3v) is 13.4. The predicted octanol–water partition coefficient (Wildman–Crippen LogP) is 10.5. The molecule has 8 aromatic rings. The first-order valence-electron chi connectivity index (χ1n) is 16.4. The van der Waals surface area contributed by atoms with Gasteiger partial charge in [-0.2, -0.15) is 0 Å². The quantitative estimate of drug-likeness (QED) is 0.144. The molecule has 2 radical (unpaired) electrons. The molecule has 0 amide bonds. The monoisotopic (exact) mass is 650 g/mol. The normalized spacial score (nSPS) is 11.0. The molecule has 0 fully saturated rings. The van der Waals surface area contributed by atoms with E-state index in [1.807, 2.05) is 0 Å². The lowest BCUT2D eigenvalue weighted by Crippen LogP contribution is -2.12. The predicted molar refractivity (Wildman–Crippen MR) is 211 cm³/mol. The Hall–Kier alpha value is -4.86. The molecule has 0 heterocycles. The molecule has 0 saturated heterocycles. The van der Waals surface area contributed by atoms with Gasteiger partial charge in [0.15, 0.2) is 0 Å². The summed E-state index contributed by atoms with van der Waals surface area (Å²) < 4.78 is 0. The van der Waals surface area contributed by atoms with Crippen LogP contribution in [0, 0.1) is 12.1 Å². The van der Waals surface area contributed by atoms with E-state index in [1.165, 1.54) is 53.9 Å². The summed E-state index contributed by atoms with van der Waals surface area (Å²) in [6.07, 6.45) is 2.04. The van der Waals surface area contributed by atoms with Crippen molar-refractivity contribution in [2.75, 3.05) is 0 Å². The van der Waals surface area contributed by atoms with Gasteiger partial charge in [-0.25, -0.2) is 0 Å². The minimum Gasteiger partial charge on any atom is -0.0622 e. The number of hydrogen-bond donors (Lipinski definition) is 0. The molecule has 8 aromatic carbocycles. The van der Waals surface area contributed by atoms with Crippen LogP contribution in [0.15, 0.2) is 194 Å². The van der Waals surface area contributed by atoms with E-state index in [2.05, 4.69) is 206 Å². The Morgan fingerprint density at radius 1 is 0.292 bits per heavy atom. The van der Waals surface area contributed by atoms with E-state index in [0.29, 0.717) is 0 Å². The van der Waals surface area contributed by atoms with Crippen LogP contribution in [0.2, 0.25) is 0 Å². The number of rotatable bonds is 8. The lowest BCUT2D eigenvalue weighted by Gasteiger charge is -2.19. The lowest BCUT2D eigenvalue weighted by atomic mass is 10.1. The number of hydrogen-bond acceptors (Lipinski definition) is 0. The first-order chi connectivity index (χ1) is 23.8. The van der Waals surface area contributed by atoms with Crippen molar-refractivity contribution < 1.29 is 0 Å². The zero-order valence-electron chi connectivity index (χ0n) is 26.8. The summed E-state index contributed by atoms with van der Waals surface area (Å²) in [4.78, 5) is 0. The fraction of sp³-hybridized carbons (Fsp3) is 0.0435. The van der Waals surface area contributed by atoms with Crippen LogP contribution in [0.25, 0.3) is 21.5 Å². The van der Waals surface area contributed by atoms with Gasteiger partial charge in [0.25, 0.3) is 0 Å². The van der Waals surface area contributed by atoms with E-state index in [0.717, 1.165) is 12.3 Å². The average molecular weight is 651 g/mol. The third kappa shape index (κ3) is 7.98. The van der Waals surface area contributed by atoms with Crippen LogP contribution >= 0.6 is 15.8 Å². The summed E-state index contributed by atoms with van der Waals surface area (Å²) in [6.45, 7) is 0. The molecule has 230 valence electrons. The third-order valence-electron chi connectivity index (χ3n) is 8.37. The van der Waals surface area contributed by atoms with Crippen molar-refractivity contribution in [3.05, 3.63) is 217 Å². The molecule has 0 unspecified atom stereocenters. The Balaban J connectivity index is 0.000000152. The van der Waals surface area contributed by atoms with Gasteiger partial charge in [0.1, 0.15) is 0 Å². The van der Waals surface area contributed by atoms with E-state index in [9.17, 15) is 0 Å². The Bertz CT molecular complexity index is 1940. The molecular weight excluding hydrogens is 614 g/mol. The van der Waals surface area contributed by atoms with Crippen LogP contribution in [-0.4, -0.2) is 0 Å². The molecule has 0 atom stereocenters. The second-order valence-electron chi connectivity index (χ2n) is 11.7. The summed E-state index contributed by atoms with van der Waals surface area (Å²) in [6, 6.07) is 76.5. The van der Waals surface area contributed by atoms with E-state index in [1.54, 1.807) is 0 Å². The molecule has 48 heavy (non-hydrogen) atoms. The topological polar surface area (TPSA) is 0 Å². The molecule has 0 N–H and O–H groups in total. The summed E-state index contributed by atoms with van der Waals surface area (Å²) in [5, 5.41) is 10.6. The average Bonchev–Trinajstić information content (AvgIpc) is 3.17. The van der Waals surface area contributed by atoms with Crippen molar-refractivity contribution in [2.24, 2.45) is 0 Å². The SMILES string of the molecule is [c]1c(CP(c2ccccc2)c2ccccc2)ccc2ccccc12.[c]1c(CP(c2ccccc2)c2ccccc2)ccc2ccccc12. The summed E-state index contributed by atoms with van der Waals surface area (Å²) in [5.74, 6) is 0. The number of fused-ring (bicyclic) bond motifs is 2. The van der Waals surface area contributed by atoms with Crippen molar-refractivity contribution in [3.8, 4) is 0 Å². The lowest BCUT2D eigenvalue weighted by molar-refractivity contribution is 1.41. The molecule has 0 aliphatic heterocycles. The van der Waals surface area contributed by atoms with Crippen LogP contribution < -0.4 is 21.2 Å². The first kappa shape index (κ1) is 31.7. The van der Waals surface area contributed by atoms with Crippen molar-refractivity contribution in [1.29, 1.82) is 0 Å². The van der Waals surface area contributed by atoms with E-state index in [4.69, 9.17) is 0 Å². The van der Waals surface area contributed by atoms with Gasteiger partial charge in [0.2, 0.25) is 0 Å². The summed E-state index contributed by atoms with van der Waals surface area (Å²) >= 11 is 0. The highest BCUT2D eigenvalue weighted by Crippen LogP contribution is 2.39. The zero-order valence-corrected chi connectivity index (χ0v) is 28.6. The summed E-state index contributed by atoms with van der Waals surface area (Å²) in [5.41, 5.74) is 2.57. The van der Waals surface area contributed by atoms with Gasteiger partial charge in [-0.1, -0.05) is 194 Å². The maximum atomic E-state index is 3.61. The van der Waals surface area contributed by atoms with Crippen LogP contribution in [0.1, 0.15) is 11.1 Å². The van der Waals surface area contributed by atoms with Crippen molar-refractivity contribution in [2.45, 2.75) is 12.3 Å². The Morgan fingerprint density at radius 2 is 0.583 bits per heavy atom. The van der Waals surface area contributed by atoms with Crippen LogP contribution in [-0.2, 0) is 12.3 Å². The van der Waals surface area contributed by atoms with Crippen molar-refractivity contribution >= 4 is 58.6 Å². The zero-order chi connectivity index (χ0) is 32.4. The van der Waals surface area contributed by atoms with Gasteiger partial charge in [0, 0.05) is 12.3 Å². The fourth-order valence-corrected chi connectivity index (χ4v) is 10.4. The number of benzene rings is 8. The van der Waals surface area contributed by atoms with Gasteiger partial charge in [0.05, 0.1) is 0 Å². The van der Waals surface area contributed by atoms with Gasteiger partial charge in [-0.15, -0.1) is 0 Å². The van der Waals surface area contributed by atoms with Gasteiger partial charge < -0.3 is 0 Å². The van der Waals surface area contributed by atoms with E-state index in [-0.39, 0.29) is 0 Å². The molecular formula is C46H36P2. The smallest absolute Gasteiger partial charge is 0.00138 e. The molecule has 0 aliphatic rings. The van der Waals surface area contributed by atoms with Crippen LogP contribution in [0.3, 0.4) is 0 Å². The van der Waals surface area contributed by atoms with Crippen molar-refractivity contribution in [3.63, 3.8) is 0 Å². The molecule has 8 rings (SSSR count). The van der Waals surface area contributed by atoms with E-state index < -0.39 is 15.8 Å². The molecule has 0 bridgehead atoms. The molecule has 0 spiro atoms. The standard InChI is InChI=1S/2C23H18P/c2*1-3-11-22(12-4-1)24(23-13-5-2-6-14-23)18-19-15-16-20-9-7-8-10-21(20)17-19/h2*1-16H,18H2. The second-order valence-corrected chi connectivity index (χ2v) is 16.1. The molecule has 0 aromatic heterocycles. The molecule has 0 aliphatic carbocycles. The minimum absolute atomic E-state index is 0.414. The highest BCUT2D eigenvalue weighted by atomic mass is 31.1. The molecule has 0 nitrogen and oxygen atoms in total. The molecule has 2 heteroatoms. The Kier molecular flexibility index (Phi) is 10.5. The Morgan fingerprint density at radius 3 is 0.917 bits per heavy atom. The van der Waals surface area contributed by atoms with Gasteiger partial charge in [-0.05, 0) is 81.9 Å². The first-order valence-corrected chi connectivity index (χ1v) is 19.4. The fourth-order valence-electron chi connectivity index (χ4n) is 5.94. The largest absolute Gasteiger partial charge is 0.0622 e. The maximum Gasteiger partial charge on any atom is 0.00138 e. The summed E-state index contributed by atoms with van der Waals surface area (Å²) in [7, 11) is -0.828. The maximum absolute atomic E-state index is 3.61. The minimum atomic E-state index is -0.414. The van der Waals surface area contributed by atoms with Gasteiger partial charge in [-0.3, -0.25) is 0 Å². The molecule has 0 saturated carbocycles. The van der Waals surface area contributed by atoms with Crippen LogP contribution in [0.5, 0.6) is 0 Å². The highest BCUT2D eigenvalue weighted by molar-refractivity contribution is 7.72. The van der Waals surface area contributed by atoms with Gasteiger partial charge >= 0.3 is 0 Å².